The largest absolute Gasteiger partial charge is 0.403 e. The summed E-state index contributed by atoms with van der Waals surface area (Å²) in [6.07, 6.45) is 7.75. The SMILES string of the molecule is CC1[C@@H]2[C@@H](C#C[C@@H](O[Si](C)(C)C(C)(C)C)C3CCCCC3)[C@H](O)CC[C@@H]2C12OCCO2. The lowest BCUT2D eigenvalue weighted by Gasteiger charge is -2.61. The van der Waals surface area contributed by atoms with Crippen molar-refractivity contribution in [1.82, 2.24) is 0 Å². The van der Waals surface area contributed by atoms with Crippen LogP contribution in [0.3, 0.4) is 0 Å². The molecule has 0 aromatic carbocycles. The van der Waals surface area contributed by atoms with Crippen LogP contribution >= 0.6 is 0 Å². The van der Waals surface area contributed by atoms with E-state index in [9.17, 15) is 5.11 Å². The minimum Gasteiger partial charge on any atom is -0.403 e. The summed E-state index contributed by atoms with van der Waals surface area (Å²) in [5.41, 5.74) is 0. The number of hydrogen-bond donors (Lipinski definition) is 1. The van der Waals surface area contributed by atoms with Crippen molar-refractivity contribution < 1.29 is 19.0 Å². The lowest BCUT2D eigenvalue weighted by atomic mass is 9.50. The summed E-state index contributed by atoms with van der Waals surface area (Å²) in [4.78, 5) is 0. The number of aliphatic hydroxyl groups excluding tert-OH is 1. The Labute approximate surface area is 190 Å². The van der Waals surface area contributed by atoms with Crippen molar-refractivity contribution in [2.45, 2.75) is 109 Å². The summed E-state index contributed by atoms with van der Waals surface area (Å²) in [7, 11) is -1.92. The van der Waals surface area contributed by atoms with Gasteiger partial charge in [-0.3, -0.25) is 0 Å². The summed E-state index contributed by atoms with van der Waals surface area (Å²) < 4.78 is 19.1. The van der Waals surface area contributed by atoms with Crippen molar-refractivity contribution in [2.75, 3.05) is 13.2 Å². The third kappa shape index (κ3) is 4.28. The number of rotatable bonds is 3. The molecule has 4 fully saturated rings. The van der Waals surface area contributed by atoms with Gasteiger partial charge in [-0.2, -0.15) is 0 Å². The molecule has 1 spiro atoms. The topological polar surface area (TPSA) is 47.9 Å². The van der Waals surface area contributed by atoms with Crippen molar-refractivity contribution in [3.63, 3.8) is 0 Å². The minimum atomic E-state index is -1.92. The molecule has 0 aromatic rings. The van der Waals surface area contributed by atoms with Crippen LogP contribution in [0.2, 0.25) is 18.1 Å². The Morgan fingerprint density at radius 1 is 1.03 bits per heavy atom. The number of aliphatic hydroxyl groups is 1. The molecule has 1 aliphatic heterocycles. The third-order valence-corrected chi connectivity index (χ3v) is 13.7. The van der Waals surface area contributed by atoms with Gasteiger partial charge in [0.1, 0.15) is 6.10 Å². The van der Waals surface area contributed by atoms with Gasteiger partial charge in [0.25, 0.3) is 0 Å². The third-order valence-electron chi connectivity index (χ3n) is 9.23. The van der Waals surface area contributed by atoms with E-state index in [1.165, 1.54) is 32.1 Å². The molecule has 1 heterocycles. The zero-order valence-electron chi connectivity index (χ0n) is 20.6. The smallest absolute Gasteiger partial charge is 0.193 e. The molecule has 3 saturated carbocycles. The van der Waals surface area contributed by atoms with E-state index < -0.39 is 14.1 Å². The van der Waals surface area contributed by atoms with Crippen LogP contribution in [0.1, 0.15) is 72.6 Å². The van der Waals surface area contributed by atoms with Gasteiger partial charge in [-0.1, -0.05) is 58.8 Å². The summed E-state index contributed by atoms with van der Waals surface area (Å²) in [6, 6.07) is 0. The van der Waals surface area contributed by atoms with Crippen LogP contribution in [0, 0.1) is 41.4 Å². The fourth-order valence-electron chi connectivity index (χ4n) is 6.31. The standard InChI is InChI=1S/C26H44O4Si/c1-18-24-20(22(27)14-13-21(24)26(18)28-16-17-29-26)12-15-23(19-10-8-7-9-11-19)30-31(5,6)25(2,3)4/h18-24,27H,7-11,13-14,16-17H2,1-6H3/t18?,20-,21-,22+,23+,24+/m0/s1. The van der Waals surface area contributed by atoms with Gasteiger partial charge in [0.15, 0.2) is 14.1 Å². The zero-order chi connectivity index (χ0) is 22.4. The van der Waals surface area contributed by atoms with Gasteiger partial charge >= 0.3 is 0 Å². The highest BCUT2D eigenvalue weighted by molar-refractivity contribution is 6.74. The van der Waals surface area contributed by atoms with E-state index in [1.54, 1.807) is 0 Å². The van der Waals surface area contributed by atoms with Gasteiger partial charge in [0.2, 0.25) is 0 Å². The normalized spacial score (nSPS) is 36.9. The lowest BCUT2D eigenvalue weighted by Crippen LogP contribution is -2.67. The molecule has 176 valence electrons. The Kier molecular flexibility index (Phi) is 6.72. The highest BCUT2D eigenvalue weighted by atomic mass is 28.4. The van der Waals surface area contributed by atoms with Gasteiger partial charge in [-0.25, -0.2) is 0 Å². The highest BCUT2D eigenvalue weighted by Crippen LogP contribution is 2.61. The minimum absolute atomic E-state index is 0.00119. The first-order chi connectivity index (χ1) is 14.6. The predicted molar refractivity (Wildman–Crippen MR) is 126 cm³/mol. The van der Waals surface area contributed by atoms with Crippen LogP contribution in [0.15, 0.2) is 0 Å². The van der Waals surface area contributed by atoms with Crippen molar-refractivity contribution >= 4 is 8.32 Å². The number of hydrogen-bond acceptors (Lipinski definition) is 4. The quantitative estimate of drug-likeness (QED) is 0.467. The Bertz CT molecular complexity index is 690. The monoisotopic (exact) mass is 448 g/mol. The summed E-state index contributed by atoms with van der Waals surface area (Å²) in [5, 5.41) is 11.1. The molecule has 31 heavy (non-hydrogen) atoms. The molecule has 4 nitrogen and oxygen atoms in total. The predicted octanol–water partition coefficient (Wildman–Crippen LogP) is 5.36. The summed E-state index contributed by atoms with van der Waals surface area (Å²) in [6.45, 7) is 15.2. The second kappa shape index (κ2) is 8.76. The maximum atomic E-state index is 10.9. The van der Waals surface area contributed by atoms with Gasteiger partial charge in [0.05, 0.1) is 25.2 Å². The average Bonchev–Trinajstić information content (AvgIpc) is 3.24. The van der Waals surface area contributed by atoms with E-state index >= 15 is 0 Å². The van der Waals surface area contributed by atoms with E-state index in [2.05, 4.69) is 52.6 Å². The van der Waals surface area contributed by atoms with E-state index in [-0.39, 0.29) is 29.1 Å². The van der Waals surface area contributed by atoms with Crippen molar-refractivity contribution in [3.05, 3.63) is 0 Å². The van der Waals surface area contributed by atoms with E-state index in [1.807, 2.05) is 0 Å². The first-order valence-corrected chi connectivity index (χ1v) is 15.6. The first-order valence-electron chi connectivity index (χ1n) is 12.7. The van der Waals surface area contributed by atoms with Gasteiger partial charge in [-0.05, 0) is 55.7 Å². The van der Waals surface area contributed by atoms with Gasteiger partial charge in [-0.15, -0.1) is 0 Å². The van der Waals surface area contributed by atoms with E-state index in [4.69, 9.17) is 13.9 Å². The Balaban J connectivity index is 1.56. The van der Waals surface area contributed by atoms with Crippen LogP contribution in [-0.4, -0.2) is 44.6 Å². The number of ether oxygens (including phenoxy) is 2. The molecule has 0 bridgehead atoms. The van der Waals surface area contributed by atoms with Crippen LogP contribution < -0.4 is 0 Å². The molecule has 4 rings (SSSR count). The fraction of sp³-hybridized carbons (Fsp3) is 0.923. The molecule has 1 N–H and O–H groups in total. The molecule has 0 amide bonds. The maximum Gasteiger partial charge on any atom is 0.193 e. The molecule has 1 saturated heterocycles. The van der Waals surface area contributed by atoms with Crippen LogP contribution in [0.5, 0.6) is 0 Å². The Morgan fingerprint density at radius 2 is 1.68 bits per heavy atom. The fourth-order valence-corrected chi connectivity index (χ4v) is 7.55. The summed E-state index contributed by atoms with van der Waals surface area (Å²) >= 11 is 0. The molecule has 5 heteroatoms. The van der Waals surface area contributed by atoms with Crippen LogP contribution in [-0.2, 0) is 13.9 Å². The van der Waals surface area contributed by atoms with E-state index in [0.717, 1.165) is 12.8 Å². The van der Waals surface area contributed by atoms with Crippen molar-refractivity contribution in [2.24, 2.45) is 29.6 Å². The molecule has 0 aromatic heterocycles. The summed E-state index contributed by atoms with van der Waals surface area (Å²) in [5.74, 6) is 8.34. The first kappa shape index (κ1) is 23.8. The number of fused-ring (bicyclic) bond motifs is 2. The molecule has 0 radical (unpaired) electrons. The maximum absolute atomic E-state index is 10.9. The van der Waals surface area contributed by atoms with Crippen molar-refractivity contribution in [3.8, 4) is 11.8 Å². The second-order valence-corrected chi connectivity index (χ2v) is 16.8. The molecule has 1 unspecified atom stereocenters. The molecule has 3 aliphatic carbocycles. The van der Waals surface area contributed by atoms with Crippen LogP contribution in [0.25, 0.3) is 0 Å². The van der Waals surface area contributed by atoms with E-state index in [0.29, 0.717) is 31.0 Å². The highest BCUT2D eigenvalue weighted by Gasteiger charge is 2.67. The second-order valence-electron chi connectivity index (χ2n) is 12.0. The van der Waals surface area contributed by atoms with Gasteiger partial charge < -0.3 is 19.0 Å². The van der Waals surface area contributed by atoms with Gasteiger partial charge in [0, 0.05) is 11.8 Å². The average molecular weight is 449 g/mol. The molecule has 4 aliphatic rings. The Morgan fingerprint density at radius 3 is 2.29 bits per heavy atom. The lowest BCUT2D eigenvalue weighted by molar-refractivity contribution is -0.334. The Hall–Kier alpha value is -0.383. The molecular weight excluding hydrogens is 404 g/mol. The van der Waals surface area contributed by atoms with Crippen LogP contribution in [0.4, 0.5) is 0 Å². The molecular formula is C26H44O4Si. The molecule has 6 atom stereocenters. The van der Waals surface area contributed by atoms with Crippen molar-refractivity contribution in [1.29, 1.82) is 0 Å². The zero-order valence-corrected chi connectivity index (χ0v) is 21.6.